The lowest BCUT2D eigenvalue weighted by molar-refractivity contribution is 0.187. The Kier molecular flexibility index (Phi) is 6.10. The minimum absolute atomic E-state index is 0.159. The zero-order valence-electron chi connectivity index (χ0n) is 13.2. The second-order valence-corrected chi connectivity index (χ2v) is 5.13. The quantitative estimate of drug-likeness (QED) is 0.901. The number of imide groups is 1. The van der Waals surface area contributed by atoms with E-state index in [4.69, 9.17) is 0 Å². The van der Waals surface area contributed by atoms with Crippen molar-refractivity contribution < 1.29 is 14.4 Å². The molecule has 1 aromatic carbocycles. The predicted octanol–water partition coefficient (Wildman–Crippen LogP) is 1.07. The highest BCUT2D eigenvalue weighted by Crippen LogP contribution is 2.18. The summed E-state index contributed by atoms with van der Waals surface area (Å²) in [5.74, 6) is 0. The smallest absolute Gasteiger partial charge is 0.321 e. The Balaban J connectivity index is 2.29. The molecule has 1 radical (unpaired) electrons. The second-order valence-electron chi connectivity index (χ2n) is 5.13. The summed E-state index contributed by atoms with van der Waals surface area (Å²) in [7, 11) is 0. The summed E-state index contributed by atoms with van der Waals surface area (Å²) in [6.45, 7) is 4.40. The minimum atomic E-state index is -0.509. The Labute approximate surface area is 135 Å². The molecule has 1 N–H and O–H groups in total. The summed E-state index contributed by atoms with van der Waals surface area (Å²) in [5.41, 5.74) is 0.491. The van der Waals surface area contributed by atoms with E-state index in [1.54, 1.807) is 42.4 Å². The van der Waals surface area contributed by atoms with Crippen LogP contribution in [0.15, 0.2) is 30.3 Å². The van der Waals surface area contributed by atoms with Gasteiger partial charge in [0.1, 0.15) is 0 Å². The van der Waals surface area contributed by atoms with Crippen LogP contribution >= 0.6 is 0 Å². The monoisotopic (exact) mass is 317 g/mol. The van der Waals surface area contributed by atoms with Crippen LogP contribution in [0.1, 0.15) is 6.92 Å². The number of nitrogens with one attached hydrogen (secondary N) is 1. The number of benzene rings is 1. The van der Waals surface area contributed by atoms with E-state index in [0.717, 1.165) is 4.90 Å². The van der Waals surface area contributed by atoms with Crippen LogP contribution in [0.2, 0.25) is 0 Å². The van der Waals surface area contributed by atoms with E-state index in [2.05, 4.69) is 5.32 Å². The third kappa shape index (κ3) is 4.07. The molecule has 0 aromatic heterocycles. The number of carbonyl (C=O) groups is 2. The molecule has 1 aromatic rings. The predicted molar refractivity (Wildman–Crippen MR) is 87.1 cm³/mol. The van der Waals surface area contributed by atoms with Gasteiger partial charge < -0.3 is 15.1 Å². The first kappa shape index (κ1) is 17.0. The number of carbonyl (C=O) groups excluding carboxylic acids is 3. The van der Waals surface area contributed by atoms with E-state index >= 15 is 0 Å². The van der Waals surface area contributed by atoms with Gasteiger partial charge in [0.15, 0.2) is 0 Å². The molecule has 2 rings (SSSR count). The van der Waals surface area contributed by atoms with Gasteiger partial charge in [-0.2, -0.15) is 0 Å². The highest BCUT2D eigenvalue weighted by atomic mass is 16.2. The summed E-state index contributed by atoms with van der Waals surface area (Å²) in [4.78, 5) is 40.3. The molecule has 0 saturated carbocycles. The number of nitrogens with zero attached hydrogens (tertiary/aromatic N) is 3. The average Bonchev–Trinajstić information content (AvgIpc) is 2.61. The molecule has 123 valence electrons. The molecule has 1 aliphatic heterocycles. The Morgan fingerprint density at radius 2 is 1.87 bits per heavy atom. The third-order valence-corrected chi connectivity index (χ3v) is 3.69. The molecule has 0 unspecified atom stereocenters. The van der Waals surface area contributed by atoms with Gasteiger partial charge in [-0.3, -0.25) is 4.79 Å². The van der Waals surface area contributed by atoms with Crippen LogP contribution in [0.25, 0.3) is 0 Å². The highest BCUT2D eigenvalue weighted by molar-refractivity contribution is 6.13. The molecule has 0 spiro atoms. The normalized spacial score (nSPS) is 14.2. The van der Waals surface area contributed by atoms with Gasteiger partial charge >= 0.3 is 12.1 Å². The molecule has 0 aliphatic carbocycles. The summed E-state index contributed by atoms with van der Waals surface area (Å²) in [6.07, 6.45) is 1.72. The van der Waals surface area contributed by atoms with Crippen LogP contribution in [-0.2, 0) is 4.79 Å². The Bertz CT molecular complexity index is 544. The summed E-state index contributed by atoms with van der Waals surface area (Å²) in [6, 6.07) is 7.88. The van der Waals surface area contributed by atoms with Crippen molar-refractivity contribution in [2.75, 3.05) is 44.2 Å². The SMILES string of the molecule is CCN(C[C]=O)C(=O)N(C(=O)N1CCNCC1)c1ccccc1. The van der Waals surface area contributed by atoms with Crippen molar-refractivity contribution in [1.82, 2.24) is 15.1 Å². The van der Waals surface area contributed by atoms with Gasteiger partial charge in [-0.15, -0.1) is 0 Å². The fraction of sp³-hybridized carbons (Fsp3) is 0.438. The largest absolute Gasteiger partial charge is 0.333 e. The van der Waals surface area contributed by atoms with Gasteiger partial charge in [0.05, 0.1) is 12.2 Å². The number of para-hydroxylation sites is 1. The number of hydrogen-bond donors (Lipinski definition) is 1. The van der Waals surface area contributed by atoms with Gasteiger partial charge in [-0.05, 0) is 19.1 Å². The summed E-state index contributed by atoms with van der Waals surface area (Å²) < 4.78 is 0. The highest BCUT2D eigenvalue weighted by Gasteiger charge is 2.31. The second kappa shape index (κ2) is 8.28. The topological polar surface area (TPSA) is 73.0 Å². The van der Waals surface area contributed by atoms with Crippen LogP contribution in [0, 0.1) is 0 Å². The zero-order chi connectivity index (χ0) is 16.7. The van der Waals surface area contributed by atoms with Crippen molar-refractivity contribution in [2.45, 2.75) is 6.92 Å². The number of urea groups is 2. The van der Waals surface area contributed by atoms with Crippen molar-refractivity contribution in [1.29, 1.82) is 0 Å². The number of piperazine rings is 1. The van der Waals surface area contributed by atoms with Crippen LogP contribution in [0.4, 0.5) is 15.3 Å². The minimum Gasteiger partial charge on any atom is -0.321 e. The third-order valence-electron chi connectivity index (χ3n) is 3.69. The molecule has 0 bridgehead atoms. The van der Waals surface area contributed by atoms with Crippen molar-refractivity contribution in [3.63, 3.8) is 0 Å². The first-order valence-corrected chi connectivity index (χ1v) is 7.67. The maximum Gasteiger partial charge on any atom is 0.333 e. The van der Waals surface area contributed by atoms with E-state index in [-0.39, 0.29) is 12.6 Å². The molecular formula is C16H21N4O3. The molecule has 7 nitrogen and oxygen atoms in total. The molecule has 1 saturated heterocycles. The lowest BCUT2D eigenvalue weighted by Gasteiger charge is -2.34. The zero-order valence-corrected chi connectivity index (χ0v) is 13.2. The lowest BCUT2D eigenvalue weighted by atomic mass is 10.3. The van der Waals surface area contributed by atoms with Gasteiger partial charge in [-0.1, -0.05) is 18.2 Å². The van der Waals surface area contributed by atoms with E-state index in [1.807, 2.05) is 6.07 Å². The Hall–Kier alpha value is -2.41. The first-order valence-electron chi connectivity index (χ1n) is 7.67. The van der Waals surface area contributed by atoms with Gasteiger partial charge in [-0.25, -0.2) is 14.5 Å². The number of amides is 4. The Morgan fingerprint density at radius 1 is 1.22 bits per heavy atom. The molecule has 1 fully saturated rings. The van der Waals surface area contributed by atoms with Gasteiger partial charge in [0, 0.05) is 32.7 Å². The van der Waals surface area contributed by atoms with Gasteiger partial charge in [0.2, 0.25) is 6.29 Å². The number of likely N-dealkylation sites (N-methyl/N-ethyl adjacent to an activating group) is 1. The molecule has 23 heavy (non-hydrogen) atoms. The maximum absolute atomic E-state index is 12.8. The average molecular weight is 317 g/mol. The van der Waals surface area contributed by atoms with Crippen molar-refractivity contribution >= 4 is 24.0 Å². The molecule has 1 heterocycles. The first-order chi connectivity index (χ1) is 11.2. The molecule has 4 amide bonds. The van der Waals surface area contributed by atoms with Crippen LogP contribution in [0.3, 0.4) is 0 Å². The number of hydrogen-bond acceptors (Lipinski definition) is 4. The molecule has 0 atom stereocenters. The lowest BCUT2D eigenvalue weighted by Crippen LogP contribution is -2.56. The standard InChI is InChI=1S/C16H21N4O3/c1-2-18(12-13-21)15(22)20(14-6-4-3-5-7-14)16(23)19-10-8-17-9-11-19/h3-7,17H,2,8-12H2,1H3. The van der Waals surface area contributed by atoms with E-state index in [9.17, 15) is 14.4 Å². The molecular weight excluding hydrogens is 296 g/mol. The fourth-order valence-electron chi connectivity index (χ4n) is 2.41. The van der Waals surface area contributed by atoms with E-state index < -0.39 is 6.03 Å². The Morgan fingerprint density at radius 3 is 2.43 bits per heavy atom. The fourth-order valence-corrected chi connectivity index (χ4v) is 2.41. The summed E-state index contributed by atoms with van der Waals surface area (Å²) in [5, 5.41) is 3.17. The van der Waals surface area contributed by atoms with Crippen LogP contribution in [-0.4, -0.2) is 67.4 Å². The number of anilines is 1. The van der Waals surface area contributed by atoms with Crippen molar-refractivity contribution in [3.05, 3.63) is 30.3 Å². The van der Waals surface area contributed by atoms with Gasteiger partial charge in [0.25, 0.3) is 0 Å². The molecule has 1 aliphatic rings. The van der Waals surface area contributed by atoms with Crippen LogP contribution < -0.4 is 10.2 Å². The van der Waals surface area contributed by atoms with E-state index in [0.29, 0.717) is 38.4 Å². The van der Waals surface area contributed by atoms with Crippen molar-refractivity contribution in [2.24, 2.45) is 0 Å². The number of rotatable bonds is 4. The van der Waals surface area contributed by atoms with Crippen LogP contribution in [0.5, 0.6) is 0 Å². The van der Waals surface area contributed by atoms with Crippen molar-refractivity contribution in [3.8, 4) is 0 Å². The van der Waals surface area contributed by atoms with E-state index in [1.165, 1.54) is 4.90 Å². The molecule has 7 heteroatoms. The summed E-state index contributed by atoms with van der Waals surface area (Å²) >= 11 is 0. The maximum atomic E-state index is 12.8.